The van der Waals surface area contributed by atoms with Crippen LogP contribution in [-0.4, -0.2) is 23.9 Å². The van der Waals surface area contributed by atoms with Crippen LogP contribution >= 0.6 is 24.0 Å². The molecule has 2 aromatic carbocycles. The lowest BCUT2D eigenvalue weighted by Crippen LogP contribution is -2.23. The number of aromatic amines is 1. The maximum atomic E-state index is 12.1. The van der Waals surface area contributed by atoms with Gasteiger partial charge in [-0.25, -0.2) is 0 Å². The van der Waals surface area contributed by atoms with Gasteiger partial charge >= 0.3 is 6.36 Å². The van der Waals surface area contributed by atoms with Gasteiger partial charge in [0.25, 0.3) is 0 Å². The van der Waals surface area contributed by atoms with Gasteiger partial charge in [0.1, 0.15) is 5.75 Å². The van der Waals surface area contributed by atoms with Gasteiger partial charge in [0.2, 0.25) is 0 Å². The highest BCUT2D eigenvalue weighted by Crippen LogP contribution is 2.24. The van der Waals surface area contributed by atoms with Crippen molar-refractivity contribution in [3.8, 4) is 5.75 Å². The Balaban J connectivity index is 0.00000261. The summed E-state index contributed by atoms with van der Waals surface area (Å²) in [6.07, 6.45) is -2.05. The molecule has 9 heteroatoms. The average molecular weight is 490 g/mol. The van der Waals surface area contributed by atoms with Crippen LogP contribution in [0.5, 0.6) is 5.75 Å². The quantitative estimate of drug-likeness (QED) is 0.277. The summed E-state index contributed by atoms with van der Waals surface area (Å²) in [5.74, 6) is -0.104. The van der Waals surface area contributed by atoms with E-state index in [-0.39, 0.29) is 35.7 Å². The Kier molecular flexibility index (Phi) is 6.94. The number of hydrogen-bond donors (Lipinski definition) is 3. The molecular formula is C18H18F3IN4O. The van der Waals surface area contributed by atoms with Crippen molar-refractivity contribution in [1.29, 1.82) is 0 Å². The van der Waals surface area contributed by atoms with Crippen molar-refractivity contribution < 1.29 is 17.9 Å². The monoisotopic (exact) mass is 490 g/mol. The molecule has 3 rings (SSSR count). The molecule has 0 atom stereocenters. The number of nitrogens with two attached hydrogens (primary N) is 1. The first-order valence-corrected chi connectivity index (χ1v) is 7.88. The molecule has 1 aromatic heterocycles. The maximum absolute atomic E-state index is 12.1. The molecule has 0 fully saturated rings. The molecule has 0 unspecified atom stereocenters. The Morgan fingerprint density at radius 1 is 1.11 bits per heavy atom. The Labute approximate surface area is 170 Å². The Hall–Kier alpha value is -2.43. The van der Waals surface area contributed by atoms with Crippen molar-refractivity contribution in [1.82, 2.24) is 4.98 Å². The Bertz CT molecular complexity index is 907. The molecule has 4 N–H and O–H groups in total. The van der Waals surface area contributed by atoms with Crippen molar-refractivity contribution >= 4 is 46.5 Å². The van der Waals surface area contributed by atoms with E-state index in [1.807, 2.05) is 30.5 Å². The van der Waals surface area contributed by atoms with E-state index in [0.717, 1.165) is 16.5 Å². The fourth-order valence-corrected chi connectivity index (χ4v) is 2.56. The zero-order valence-electron chi connectivity index (χ0n) is 14.1. The van der Waals surface area contributed by atoms with Gasteiger partial charge in [-0.2, -0.15) is 0 Å². The predicted molar refractivity (Wildman–Crippen MR) is 111 cm³/mol. The number of anilines is 1. The van der Waals surface area contributed by atoms with E-state index in [4.69, 9.17) is 5.73 Å². The van der Waals surface area contributed by atoms with E-state index in [9.17, 15) is 13.2 Å². The number of nitrogens with zero attached hydrogens (tertiary/aromatic N) is 1. The number of ether oxygens (including phenoxy) is 1. The summed E-state index contributed by atoms with van der Waals surface area (Å²) in [7, 11) is 0. The molecule has 0 saturated heterocycles. The summed E-state index contributed by atoms with van der Waals surface area (Å²) in [6, 6.07) is 13.3. The first kappa shape index (κ1) is 20.9. The van der Waals surface area contributed by atoms with Crippen LogP contribution in [0.4, 0.5) is 18.9 Å². The first-order chi connectivity index (χ1) is 12.4. The van der Waals surface area contributed by atoms with Gasteiger partial charge < -0.3 is 20.8 Å². The number of alkyl halides is 3. The number of aromatic nitrogens is 1. The van der Waals surface area contributed by atoms with Crippen LogP contribution < -0.4 is 15.8 Å². The summed E-state index contributed by atoms with van der Waals surface area (Å²) >= 11 is 0. The average Bonchev–Trinajstić information content (AvgIpc) is 2.99. The van der Waals surface area contributed by atoms with Crippen LogP contribution in [0, 0.1) is 0 Å². The summed E-state index contributed by atoms with van der Waals surface area (Å²) < 4.78 is 40.2. The molecule has 0 aliphatic carbocycles. The normalized spacial score (nSPS) is 11.9. The van der Waals surface area contributed by atoms with Crippen molar-refractivity contribution in [2.75, 3.05) is 11.9 Å². The number of H-pyrrole nitrogens is 1. The second kappa shape index (κ2) is 8.98. The molecule has 0 saturated carbocycles. The van der Waals surface area contributed by atoms with Gasteiger partial charge in [-0.1, -0.05) is 18.2 Å². The number of para-hydroxylation sites is 1. The number of aliphatic imine (C=N–C) groups is 1. The minimum absolute atomic E-state index is 0. The maximum Gasteiger partial charge on any atom is 0.573 e. The lowest BCUT2D eigenvalue weighted by atomic mass is 10.1. The van der Waals surface area contributed by atoms with E-state index < -0.39 is 6.36 Å². The van der Waals surface area contributed by atoms with Gasteiger partial charge in [0.15, 0.2) is 5.96 Å². The van der Waals surface area contributed by atoms with Crippen LogP contribution in [0.15, 0.2) is 59.7 Å². The summed E-state index contributed by atoms with van der Waals surface area (Å²) in [4.78, 5) is 7.44. The van der Waals surface area contributed by atoms with E-state index >= 15 is 0 Å². The van der Waals surface area contributed by atoms with Gasteiger partial charge in [-0.15, -0.1) is 37.1 Å². The second-order valence-corrected chi connectivity index (χ2v) is 5.57. The van der Waals surface area contributed by atoms with Gasteiger partial charge in [0, 0.05) is 29.3 Å². The molecule has 0 radical (unpaired) electrons. The minimum atomic E-state index is -4.71. The predicted octanol–water partition coefficient (Wildman–Crippen LogP) is 4.65. The minimum Gasteiger partial charge on any atom is -0.406 e. The van der Waals surface area contributed by atoms with Gasteiger partial charge in [-0.3, -0.25) is 4.99 Å². The zero-order valence-corrected chi connectivity index (χ0v) is 16.4. The third-order valence-electron chi connectivity index (χ3n) is 3.70. The molecule has 3 aromatic rings. The molecule has 1 heterocycles. The highest BCUT2D eigenvalue weighted by molar-refractivity contribution is 14.0. The number of nitrogens with one attached hydrogen (secondary N) is 2. The van der Waals surface area contributed by atoms with Crippen LogP contribution in [0.3, 0.4) is 0 Å². The molecule has 5 nitrogen and oxygen atoms in total. The SMILES string of the molecule is I.NC(=NCCc1c[nH]c2ccccc12)Nc1ccc(OC(F)(F)F)cc1. The summed E-state index contributed by atoms with van der Waals surface area (Å²) in [5.41, 5.74) is 8.55. The first-order valence-electron chi connectivity index (χ1n) is 7.88. The molecule has 0 aliphatic heterocycles. The largest absolute Gasteiger partial charge is 0.573 e. The summed E-state index contributed by atoms with van der Waals surface area (Å²) in [5, 5.41) is 3.98. The van der Waals surface area contributed by atoms with E-state index in [0.29, 0.717) is 18.7 Å². The second-order valence-electron chi connectivity index (χ2n) is 5.57. The highest BCUT2D eigenvalue weighted by Gasteiger charge is 2.30. The fourth-order valence-electron chi connectivity index (χ4n) is 2.56. The van der Waals surface area contributed by atoms with Crippen LogP contribution in [0.1, 0.15) is 5.56 Å². The zero-order chi connectivity index (χ0) is 18.6. The number of rotatable bonds is 5. The number of hydrogen-bond acceptors (Lipinski definition) is 2. The van der Waals surface area contributed by atoms with Gasteiger partial charge in [0.05, 0.1) is 0 Å². The Morgan fingerprint density at radius 3 is 2.52 bits per heavy atom. The molecule has 0 amide bonds. The van der Waals surface area contributed by atoms with Crippen molar-refractivity contribution in [3.05, 3.63) is 60.3 Å². The van der Waals surface area contributed by atoms with Crippen LogP contribution in [0.2, 0.25) is 0 Å². The van der Waals surface area contributed by atoms with E-state index in [2.05, 4.69) is 20.0 Å². The number of guanidine groups is 1. The van der Waals surface area contributed by atoms with Crippen LogP contribution in [-0.2, 0) is 6.42 Å². The molecule has 144 valence electrons. The molecule has 27 heavy (non-hydrogen) atoms. The number of halogens is 4. The van der Waals surface area contributed by atoms with E-state index in [1.54, 1.807) is 0 Å². The highest BCUT2D eigenvalue weighted by atomic mass is 127. The van der Waals surface area contributed by atoms with Crippen LogP contribution in [0.25, 0.3) is 10.9 Å². The van der Waals surface area contributed by atoms with Crippen molar-refractivity contribution in [2.45, 2.75) is 12.8 Å². The third-order valence-corrected chi connectivity index (χ3v) is 3.70. The van der Waals surface area contributed by atoms with E-state index in [1.165, 1.54) is 24.3 Å². The summed E-state index contributed by atoms with van der Waals surface area (Å²) in [6.45, 7) is 0.482. The topological polar surface area (TPSA) is 75.4 Å². The molecular weight excluding hydrogens is 472 g/mol. The van der Waals surface area contributed by atoms with Crippen molar-refractivity contribution in [2.24, 2.45) is 10.7 Å². The standard InChI is InChI=1S/C18H17F3N4O.HI/c19-18(20,21)26-14-7-5-13(6-8-14)25-17(22)23-10-9-12-11-24-16-4-2-1-3-15(12)16;/h1-8,11,24H,9-10H2,(H3,22,23,25);1H. The fraction of sp³-hybridized carbons (Fsp3) is 0.167. The van der Waals surface area contributed by atoms with Gasteiger partial charge in [-0.05, 0) is 42.3 Å². The molecule has 0 bridgehead atoms. The third kappa shape index (κ3) is 6.05. The Morgan fingerprint density at radius 2 is 1.81 bits per heavy atom. The number of benzene rings is 2. The van der Waals surface area contributed by atoms with Crippen molar-refractivity contribution in [3.63, 3.8) is 0 Å². The lowest BCUT2D eigenvalue weighted by Gasteiger charge is -2.10. The lowest BCUT2D eigenvalue weighted by molar-refractivity contribution is -0.274. The smallest absolute Gasteiger partial charge is 0.406 e. The molecule has 0 spiro atoms. The molecule has 0 aliphatic rings. The number of fused-ring (bicyclic) bond motifs is 1.